The van der Waals surface area contributed by atoms with Gasteiger partial charge in [-0.3, -0.25) is 9.94 Å². The van der Waals surface area contributed by atoms with Crippen molar-refractivity contribution in [3.05, 3.63) is 12.5 Å². The first-order valence-corrected chi connectivity index (χ1v) is 3.66. The van der Waals surface area contributed by atoms with Crippen molar-refractivity contribution in [2.45, 2.75) is 6.92 Å². The fourth-order valence-corrected chi connectivity index (χ4v) is 0.923. The van der Waals surface area contributed by atoms with Crippen LogP contribution in [0, 0.1) is 0 Å². The smallest absolute Gasteiger partial charge is 0.248 e. The molecule has 0 spiro atoms. The summed E-state index contributed by atoms with van der Waals surface area (Å²) in [5.41, 5.74) is 3.45. The number of H-pyrrole nitrogens is 1. The molecule has 6 nitrogen and oxygen atoms in total. The molecule has 0 unspecified atom stereocenters. The molecule has 2 aromatic heterocycles. The molecule has 2 aromatic rings. The second-order valence-electron chi connectivity index (χ2n) is 2.20. The van der Waals surface area contributed by atoms with Crippen LogP contribution < -0.4 is 5.48 Å². The molecular formula is C6H9N5O. The SMILES string of the molecule is CCONc1ncc2nc[nH]n12. The van der Waals surface area contributed by atoms with Crippen LogP contribution >= 0.6 is 0 Å². The number of nitrogens with one attached hydrogen (secondary N) is 2. The second-order valence-corrected chi connectivity index (χ2v) is 2.20. The van der Waals surface area contributed by atoms with E-state index in [-0.39, 0.29) is 0 Å². The lowest BCUT2D eigenvalue weighted by Crippen LogP contribution is -2.04. The molecule has 0 saturated carbocycles. The first-order chi connectivity index (χ1) is 5.92. The van der Waals surface area contributed by atoms with Crippen LogP contribution in [0.2, 0.25) is 0 Å². The summed E-state index contributed by atoms with van der Waals surface area (Å²) in [6.07, 6.45) is 3.24. The number of imidazole rings is 1. The first-order valence-electron chi connectivity index (χ1n) is 3.66. The largest absolute Gasteiger partial charge is 0.279 e. The van der Waals surface area contributed by atoms with Gasteiger partial charge in [-0.2, -0.15) is 0 Å². The molecule has 2 N–H and O–H groups in total. The normalized spacial score (nSPS) is 10.8. The van der Waals surface area contributed by atoms with E-state index >= 15 is 0 Å². The van der Waals surface area contributed by atoms with Crippen LogP contribution in [-0.4, -0.2) is 26.2 Å². The highest BCUT2D eigenvalue weighted by Crippen LogP contribution is 2.05. The van der Waals surface area contributed by atoms with Gasteiger partial charge in [0.15, 0.2) is 5.65 Å². The van der Waals surface area contributed by atoms with Gasteiger partial charge in [-0.25, -0.2) is 20.0 Å². The number of aromatic amines is 1. The Bertz CT molecular complexity index is 365. The molecule has 64 valence electrons. The molecule has 2 rings (SSSR count). The van der Waals surface area contributed by atoms with Crippen molar-refractivity contribution in [1.29, 1.82) is 0 Å². The van der Waals surface area contributed by atoms with Crippen molar-refractivity contribution >= 4 is 11.6 Å². The summed E-state index contributed by atoms with van der Waals surface area (Å²) in [7, 11) is 0. The Hall–Kier alpha value is -1.56. The van der Waals surface area contributed by atoms with Gasteiger partial charge in [-0.05, 0) is 6.92 Å². The van der Waals surface area contributed by atoms with Gasteiger partial charge in [0.05, 0.1) is 12.8 Å². The minimum Gasteiger partial charge on any atom is -0.279 e. The molecule has 0 aliphatic carbocycles. The van der Waals surface area contributed by atoms with Gasteiger partial charge >= 0.3 is 0 Å². The summed E-state index contributed by atoms with van der Waals surface area (Å²) in [6.45, 7) is 2.48. The molecule has 12 heavy (non-hydrogen) atoms. The van der Waals surface area contributed by atoms with Crippen molar-refractivity contribution < 1.29 is 4.84 Å². The molecule has 0 aliphatic rings. The Morgan fingerprint density at radius 3 is 3.42 bits per heavy atom. The van der Waals surface area contributed by atoms with Crippen LogP contribution in [0.25, 0.3) is 5.65 Å². The van der Waals surface area contributed by atoms with Crippen molar-refractivity contribution in [1.82, 2.24) is 19.6 Å². The van der Waals surface area contributed by atoms with E-state index in [1.165, 1.54) is 0 Å². The average Bonchev–Trinajstić information content (AvgIpc) is 2.62. The second kappa shape index (κ2) is 2.82. The Labute approximate surface area is 68.5 Å². The number of fused-ring (bicyclic) bond motifs is 1. The summed E-state index contributed by atoms with van der Waals surface area (Å²) in [5, 5.41) is 2.88. The third-order valence-corrected chi connectivity index (χ3v) is 1.43. The number of hydrogen-bond donors (Lipinski definition) is 2. The molecule has 0 aromatic carbocycles. The van der Waals surface area contributed by atoms with Gasteiger partial charge in [0, 0.05) is 0 Å². The van der Waals surface area contributed by atoms with Gasteiger partial charge in [0.2, 0.25) is 5.95 Å². The third-order valence-electron chi connectivity index (χ3n) is 1.43. The monoisotopic (exact) mass is 167 g/mol. The lowest BCUT2D eigenvalue weighted by Gasteiger charge is -2.00. The quantitative estimate of drug-likeness (QED) is 0.650. The molecule has 0 amide bonds. The van der Waals surface area contributed by atoms with Crippen LogP contribution in [0.3, 0.4) is 0 Å². The van der Waals surface area contributed by atoms with Crippen molar-refractivity contribution in [3.8, 4) is 0 Å². The highest BCUT2D eigenvalue weighted by atomic mass is 16.6. The molecule has 6 heteroatoms. The van der Waals surface area contributed by atoms with Crippen LogP contribution in [0.5, 0.6) is 0 Å². The number of anilines is 1. The molecular weight excluding hydrogens is 158 g/mol. The zero-order chi connectivity index (χ0) is 8.39. The van der Waals surface area contributed by atoms with E-state index in [0.717, 1.165) is 5.65 Å². The van der Waals surface area contributed by atoms with Crippen molar-refractivity contribution in [2.75, 3.05) is 12.1 Å². The summed E-state index contributed by atoms with van der Waals surface area (Å²) in [6, 6.07) is 0. The standard InChI is InChI=1S/C6H9N5O/c1-2-12-10-6-7-3-5-8-4-9-11(5)6/h3-4H,2H2,1H3,(H,7,10)(H,8,9). The van der Waals surface area contributed by atoms with E-state index in [2.05, 4.69) is 20.5 Å². The van der Waals surface area contributed by atoms with Crippen LogP contribution in [0.4, 0.5) is 5.95 Å². The van der Waals surface area contributed by atoms with E-state index < -0.39 is 0 Å². The van der Waals surface area contributed by atoms with Gasteiger partial charge in [0.1, 0.15) is 6.33 Å². The number of nitrogens with zero attached hydrogens (tertiary/aromatic N) is 3. The number of rotatable bonds is 3. The van der Waals surface area contributed by atoms with Crippen LogP contribution in [0.1, 0.15) is 6.92 Å². The molecule has 2 heterocycles. The minimum atomic E-state index is 0.586. The number of hydrogen-bond acceptors (Lipinski definition) is 4. The Balaban J connectivity index is 2.28. The highest BCUT2D eigenvalue weighted by Gasteiger charge is 2.02. The van der Waals surface area contributed by atoms with Crippen molar-refractivity contribution in [2.24, 2.45) is 0 Å². The van der Waals surface area contributed by atoms with Gasteiger partial charge in [-0.15, -0.1) is 0 Å². The van der Waals surface area contributed by atoms with Gasteiger partial charge in [-0.1, -0.05) is 0 Å². The highest BCUT2D eigenvalue weighted by molar-refractivity contribution is 5.42. The van der Waals surface area contributed by atoms with Crippen LogP contribution in [-0.2, 0) is 4.84 Å². The Kier molecular flexibility index (Phi) is 1.67. The van der Waals surface area contributed by atoms with Crippen LogP contribution in [0.15, 0.2) is 12.5 Å². The summed E-state index contributed by atoms with van der Waals surface area (Å²) < 4.78 is 1.69. The molecule has 0 bridgehead atoms. The average molecular weight is 167 g/mol. The molecule has 0 radical (unpaired) electrons. The summed E-state index contributed by atoms with van der Waals surface area (Å²) in [4.78, 5) is 13.0. The third kappa shape index (κ3) is 1.02. The van der Waals surface area contributed by atoms with Gasteiger partial charge in [0.25, 0.3) is 0 Å². The zero-order valence-electron chi connectivity index (χ0n) is 6.61. The predicted molar refractivity (Wildman–Crippen MR) is 42.6 cm³/mol. The maximum Gasteiger partial charge on any atom is 0.248 e. The summed E-state index contributed by atoms with van der Waals surface area (Å²) in [5.74, 6) is 0.601. The molecule has 0 aliphatic heterocycles. The van der Waals surface area contributed by atoms with E-state index in [0.29, 0.717) is 12.6 Å². The summed E-state index contributed by atoms with van der Waals surface area (Å²) >= 11 is 0. The molecule has 0 fully saturated rings. The van der Waals surface area contributed by atoms with E-state index in [9.17, 15) is 0 Å². The maximum absolute atomic E-state index is 4.97. The van der Waals surface area contributed by atoms with Gasteiger partial charge < -0.3 is 0 Å². The van der Waals surface area contributed by atoms with E-state index in [4.69, 9.17) is 4.84 Å². The topological polar surface area (TPSA) is 67.2 Å². The first kappa shape index (κ1) is 7.11. The minimum absolute atomic E-state index is 0.586. The predicted octanol–water partition coefficient (Wildman–Crippen LogP) is 0.421. The fourth-order valence-electron chi connectivity index (χ4n) is 0.923. The molecule has 0 atom stereocenters. The lowest BCUT2D eigenvalue weighted by molar-refractivity contribution is 0.206. The lowest BCUT2D eigenvalue weighted by atomic mass is 10.8. The molecule has 0 saturated heterocycles. The fraction of sp³-hybridized carbons (Fsp3) is 0.333. The number of aromatic nitrogens is 4. The maximum atomic E-state index is 4.97. The van der Waals surface area contributed by atoms with E-state index in [1.54, 1.807) is 17.0 Å². The Morgan fingerprint density at radius 2 is 2.58 bits per heavy atom. The Morgan fingerprint density at radius 1 is 1.67 bits per heavy atom. The van der Waals surface area contributed by atoms with E-state index in [1.807, 2.05) is 6.92 Å². The zero-order valence-corrected chi connectivity index (χ0v) is 6.61. The van der Waals surface area contributed by atoms with Crippen molar-refractivity contribution in [3.63, 3.8) is 0 Å².